The number of benzene rings is 2. The Hall–Kier alpha value is -3.83. The second kappa shape index (κ2) is 8.04. The zero-order chi connectivity index (χ0) is 21.9. The van der Waals surface area contributed by atoms with Gasteiger partial charge in [0, 0.05) is 16.3 Å². The lowest BCUT2D eigenvalue weighted by atomic mass is 10.00. The number of ether oxygens (including phenoxy) is 3. The third kappa shape index (κ3) is 4.54. The summed E-state index contributed by atoms with van der Waals surface area (Å²) >= 11 is 0. The Kier molecular flexibility index (Phi) is 5.95. The smallest absolute Gasteiger partial charge is 0.465 e. The fourth-order valence-corrected chi connectivity index (χ4v) is 2.35. The molecule has 0 spiro atoms. The SMILES string of the molecule is COC(=O)Nc1cc(C(=O)OC)c(OC(=O)C(F)(F)F)c2ccc(C(=N)N)cc12. The number of carbonyl (C=O) groups excluding carboxylic acids is 3. The summed E-state index contributed by atoms with van der Waals surface area (Å²) in [6.07, 6.45) is -6.28. The predicted molar refractivity (Wildman–Crippen MR) is 94.0 cm³/mol. The molecule has 0 unspecified atom stereocenters. The summed E-state index contributed by atoms with van der Waals surface area (Å²) in [4.78, 5) is 35.1. The van der Waals surface area contributed by atoms with Crippen LogP contribution in [0, 0.1) is 5.41 Å². The molecule has 2 rings (SSSR count). The number of esters is 2. The fraction of sp³-hybridized carbons (Fsp3) is 0.176. The molecule has 0 radical (unpaired) electrons. The molecule has 0 fully saturated rings. The maximum atomic E-state index is 12.7. The van der Waals surface area contributed by atoms with E-state index in [-0.39, 0.29) is 27.9 Å². The fourth-order valence-electron chi connectivity index (χ4n) is 2.35. The average Bonchev–Trinajstić information content (AvgIpc) is 2.67. The number of hydrogen-bond acceptors (Lipinski definition) is 7. The van der Waals surface area contributed by atoms with Gasteiger partial charge in [-0.15, -0.1) is 0 Å². The molecule has 12 heteroatoms. The number of nitrogens with one attached hydrogen (secondary N) is 2. The third-order valence-corrected chi connectivity index (χ3v) is 3.65. The van der Waals surface area contributed by atoms with E-state index in [1.807, 2.05) is 0 Å². The largest absolute Gasteiger partial charge is 0.491 e. The molecule has 0 bridgehead atoms. The molecule has 2 aromatic carbocycles. The molecule has 9 nitrogen and oxygen atoms in total. The van der Waals surface area contributed by atoms with E-state index in [1.54, 1.807) is 0 Å². The lowest BCUT2D eigenvalue weighted by Crippen LogP contribution is -2.29. The zero-order valence-electron chi connectivity index (χ0n) is 15.0. The number of hydrogen-bond donors (Lipinski definition) is 3. The molecule has 0 saturated heterocycles. The van der Waals surface area contributed by atoms with Crippen molar-refractivity contribution in [3.63, 3.8) is 0 Å². The van der Waals surface area contributed by atoms with Crippen molar-refractivity contribution in [3.8, 4) is 5.75 Å². The molecule has 0 saturated carbocycles. The van der Waals surface area contributed by atoms with Crippen molar-refractivity contribution >= 4 is 40.3 Å². The number of amidine groups is 1. The van der Waals surface area contributed by atoms with Crippen molar-refractivity contribution in [1.29, 1.82) is 5.41 Å². The number of anilines is 1. The number of carbonyl (C=O) groups is 3. The van der Waals surface area contributed by atoms with E-state index in [9.17, 15) is 27.6 Å². The molecule has 0 aliphatic rings. The average molecular weight is 413 g/mol. The number of fused-ring (bicyclic) bond motifs is 1. The monoisotopic (exact) mass is 413 g/mol. The zero-order valence-corrected chi connectivity index (χ0v) is 15.0. The first-order valence-corrected chi connectivity index (χ1v) is 7.67. The Labute approximate surface area is 161 Å². The van der Waals surface area contributed by atoms with E-state index in [0.717, 1.165) is 20.3 Å². The number of rotatable bonds is 4. The van der Waals surface area contributed by atoms with E-state index < -0.39 is 35.5 Å². The van der Waals surface area contributed by atoms with E-state index in [4.69, 9.17) is 11.1 Å². The lowest BCUT2D eigenvalue weighted by Gasteiger charge is -2.17. The van der Waals surface area contributed by atoms with Gasteiger partial charge < -0.3 is 19.9 Å². The van der Waals surface area contributed by atoms with E-state index in [0.29, 0.717) is 0 Å². The third-order valence-electron chi connectivity index (χ3n) is 3.65. The Morgan fingerprint density at radius 3 is 2.24 bits per heavy atom. The number of methoxy groups -OCH3 is 2. The molecule has 2 aromatic rings. The van der Waals surface area contributed by atoms with Gasteiger partial charge in [-0.1, -0.05) is 6.07 Å². The molecule has 4 N–H and O–H groups in total. The number of alkyl halides is 3. The highest BCUT2D eigenvalue weighted by Gasteiger charge is 2.42. The normalized spacial score (nSPS) is 10.9. The van der Waals surface area contributed by atoms with Crippen LogP contribution in [0.2, 0.25) is 0 Å². The van der Waals surface area contributed by atoms with Gasteiger partial charge in [0.1, 0.15) is 11.4 Å². The first-order valence-electron chi connectivity index (χ1n) is 7.67. The summed E-state index contributed by atoms with van der Waals surface area (Å²) in [6.45, 7) is 0. The molecular formula is C17H14F3N3O6. The second-order valence-electron chi connectivity index (χ2n) is 5.47. The van der Waals surface area contributed by atoms with E-state index in [2.05, 4.69) is 19.5 Å². The van der Waals surface area contributed by atoms with Crippen LogP contribution >= 0.6 is 0 Å². The summed E-state index contributed by atoms with van der Waals surface area (Å²) in [5.41, 5.74) is 4.94. The molecule has 29 heavy (non-hydrogen) atoms. The van der Waals surface area contributed by atoms with Crippen LogP contribution in [0.5, 0.6) is 5.75 Å². The molecule has 154 valence electrons. The van der Waals surface area contributed by atoms with Crippen molar-refractivity contribution in [2.75, 3.05) is 19.5 Å². The summed E-state index contributed by atoms with van der Waals surface area (Å²) < 4.78 is 51.6. The Morgan fingerprint density at radius 1 is 1.07 bits per heavy atom. The highest BCUT2D eigenvalue weighted by atomic mass is 19.4. The first kappa shape index (κ1) is 21.5. The topological polar surface area (TPSA) is 141 Å². The van der Waals surface area contributed by atoms with Gasteiger partial charge >= 0.3 is 24.2 Å². The van der Waals surface area contributed by atoms with Gasteiger partial charge in [0.05, 0.1) is 19.9 Å². The molecule has 1 amide bonds. The van der Waals surface area contributed by atoms with Crippen LogP contribution in [0.3, 0.4) is 0 Å². The first-order chi connectivity index (χ1) is 13.5. The molecule has 0 aliphatic carbocycles. The molecule has 0 atom stereocenters. The Balaban J connectivity index is 2.85. The minimum atomic E-state index is -5.33. The minimum absolute atomic E-state index is 0.0285. The van der Waals surface area contributed by atoms with Gasteiger partial charge in [-0.3, -0.25) is 10.7 Å². The van der Waals surface area contributed by atoms with Crippen LogP contribution < -0.4 is 15.8 Å². The van der Waals surface area contributed by atoms with Gasteiger partial charge in [0.15, 0.2) is 5.75 Å². The van der Waals surface area contributed by atoms with Crippen LogP contribution in [-0.4, -0.2) is 44.3 Å². The van der Waals surface area contributed by atoms with E-state index in [1.165, 1.54) is 18.2 Å². The highest BCUT2D eigenvalue weighted by molar-refractivity contribution is 6.12. The maximum Gasteiger partial charge on any atom is 0.491 e. The van der Waals surface area contributed by atoms with Gasteiger partial charge in [-0.05, 0) is 18.2 Å². The summed E-state index contributed by atoms with van der Waals surface area (Å²) in [7, 11) is 2.04. The van der Waals surface area contributed by atoms with Gasteiger partial charge in [-0.2, -0.15) is 13.2 Å². The van der Waals surface area contributed by atoms with Crippen molar-refractivity contribution in [2.45, 2.75) is 6.18 Å². The molecule has 0 aromatic heterocycles. The van der Waals surface area contributed by atoms with Crippen molar-refractivity contribution < 1.29 is 41.8 Å². The minimum Gasteiger partial charge on any atom is -0.465 e. The van der Waals surface area contributed by atoms with Crippen LogP contribution in [0.25, 0.3) is 10.8 Å². The van der Waals surface area contributed by atoms with Crippen molar-refractivity contribution in [1.82, 2.24) is 0 Å². The van der Waals surface area contributed by atoms with Crippen LogP contribution in [0.4, 0.5) is 23.7 Å². The van der Waals surface area contributed by atoms with Gasteiger partial charge in [-0.25, -0.2) is 14.4 Å². The Morgan fingerprint density at radius 2 is 1.72 bits per heavy atom. The van der Waals surface area contributed by atoms with Crippen LogP contribution in [0.15, 0.2) is 24.3 Å². The summed E-state index contributed by atoms with van der Waals surface area (Å²) in [6, 6.07) is 4.65. The second-order valence-corrected chi connectivity index (χ2v) is 5.47. The van der Waals surface area contributed by atoms with Crippen LogP contribution in [0.1, 0.15) is 15.9 Å². The number of nitrogen functional groups attached to an aromatic ring is 1. The quantitative estimate of drug-likeness (QED) is 0.303. The Bertz CT molecular complexity index is 1020. The maximum absolute atomic E-state index is 12.7. The van der Waals surface area contributed by atoms with Crippen molar-refractivity contribution in [2.24, 2.45) is 5.73 Å². The van der Waals surface area contributed by atoms with Gasteiger partial charge in [0.2, 0.25) is 0 Å². The van der Waals surface area contributed by atoms with Crippen molar-refractivity contribution in [3.05, 3.63) is 35.4 Å². The molecule has 0 aliphatic heterocycles. The predicted octanol–water partition coefficient (Wildman–Crippen LogP) is 2.56. The number of halogens is 3. The van der Waals surface area contributed by atoms with E-state index >= 15 is 0 Å². The van der Waals surface area contributed by atoms with Crippen LogP contribution in [-0.2, 0) is 14.3 Å². The summed E-state index contributed by atoms with van der Waals surface area (Å²) in [5.74, 6) is -4.80. The molecule has 0 heterocycles. The number of amides is 1. The highest BCUT2D eigenvalue weighted by Crippen LogP contribution is 2.38. The van der Waals surface area contributed by atoms with Gasteiger partial charge in [0.25, 0.3) is 0 Å². The standard InChI is InChI=1S/C17H14F3N3O6/c1-27-14(24)10-6-11(23-16(26)28-2)9-5-7(13(21)22)3-4-8(9)12(10)29-15(25)17(18,19)20/h3-6H,1-2H3,(H3,21,22)(H,23,26). The lowest BCUT2D eigenvalue weighted by molar-refractivity contribution is -0.189. The summed E-state index contributed by atoms with van der Waals surface area (Å²) in [5, 5.41) is 9.67. The number of nitrogens with two attached hydrogens (primary N) is 1. The molecular weight excluding hydrogens is 399 g/mol.